The van der Waals surface area contributed by atoms with Crippen molar-refractivity contribution in [2.75, 3.05) is 10.6 Å². The zero-order valence-electron chi connectivity index (χ0n) is 16.7. The Morgan fingerprint density at radius 3 is 2.69 bits per heavy atom. The molecule has 1 unspecified atom stereocenters. The molecule has 2 N–H and O–H groups in total. The molecule has 3 aromatic rings. The Hall–Kier alpha value is -2.37. The highest BCUT2D eigenvalue weighted by Gasteiger charge is 2.16. The maximum absolute atomic E-state index is 12.6. The van der Waals surface area contributed by atoms with Crippen molar-refractivity contribution in [1.82, 2.24) is 4.98 Å². The van der Waals surface area contributed by atoms with Gasteiger partial charge in [-0.3, -0.25) is 4.79 Å². The fourth-order valence-electron chi connectivity index (χ4n) is 3.13. The smallest absolute Gasteiger partial charge is 0.227 e. The predicted molar refractivity (Wildman–Crippen MR) is 124 cm³/mol. The molecule has 0 radical (unpaired) electrons. The lowest BCUT2D eigenvalue weighted by Gasteiger charge is -2.15. The van der Waals surface area contributed by atoms with Crippen LogP contribution in [0.2, 0.25) is 5.02 Å². The number of benzene rings is 2. The van der Waals surface area contributed by atoms with Gasteiger partial charge in [0.05, 0.1) is 5.69 Å². The molecule has 152 valence electrons. The van der Waals surface area contributed by atoms with Gasteiger partial charge in [0.1, 0.15) is 0 Å². The normalized spacial score (nSPS) is 11.8. The van der Waals surface area contributed by atoms with Gasteiger partial charge in [-0.2, -0.15) is 0 Å². The van der Waals surface area contributed by atoms with Gasteiger partial charge in [0.25, 0.3) is 0 Å². The van der Waals surface area contributed by atoms with Crippen LogP contribution in [0, 0.1) is 5.92 Å². The minimum atomic E-state index is 0.0615. The number of hydrogen-bond acceptors (Lipinski definition) is 4. The van der Waals surface area contributed by atoms with Crippen LogP contribution < -0.4 is 10.6 Å². The van der Waals surface area contributed by atoms with E-state index < -0.39 is 0 Å². The van der Waals surface area contributed by atoms with Crippen LogP contribution in [0.4, 0.5) is 16.5 Å². The third kappa shape index (κ3) is 6.05. The molecule has 1 aromatic heterocycles. The summed E-state index contributed by atoms with van der Waals surface area (Å²) >= 11 is 7.57. The lowest BCUT2D eigenvalue weighted by Crippen LogP contribution is -2.22. The second kappa shape index (κ2) is 10.4. The van der Waals surface area contributed by atoms with Gasteiger partial charge in [-0.05, 0) is 43.2 Å². The van der Waals surface area contributed by atoms with Gasteiger partial charge >= 0.3 is 0 Å². The molecule has 4 nitrogen and oxygen atoms in total. The Morgan fingerprint density at radius 1 is 1.14 bits per heavy atom. The SMILES string of the molecule is CCCCC(CC)C(=O)Nc1cccc(-c2csc(Nc3cccc(Cl)c3)n2)c1. The molecule has 2 aromatic carbocycles. The van der Waals surface area contributed by atoms with Crippen LogP contribution >= 0.6 is 22.9 Å². The number of amides is 1. The van der Waals surface area contributed by atoms with E-state index in [1.807, 2.05) is 53.9 Å². The lowest BCUT2D eigenvalue weighted by atomic mass is 9.98. The number of carbonyl (C=O) groups excluding carboxylic acids is 1. The monoisotopic (exact) mass is 427 g/mol. The van der Waals surface area contributed by atoms with Gasteiger partial charge in [-0.15, -0.1) is 11.3 Å². The summed E-state index contributed by atoms with van der Waals surface area (Å²) in [7, 11) is 0. The quantitative estimate of drug-likeness (QED) is 0.375. The summed E-state index contributed by atoms with van der Waals surface area (Å²) in [5, 5.41) is 9.83. The number of aromatic nitrogens is 1. The van der Waals surface area contributed by atoms with E-state index >= 15 is 0 Å². The van der Waals surface area contributed by atoms with E-state index in [-0.39, 0.29) is 11.8 Å². The van der Waals surface area contributed by atoms with Gasteiger partial charge < -0.3 is 10.6 Å². The standard InChI is InChI=1S/C23H26ClN3OS/c1-3-5-8-16(4-2)22(28)25-19-11-6-9-17(13-19)21-15-29-23(27-21)26-20-12-7-10-18(24)14-20/h6-7,9-16H,3-5,8H2,1-2H3,(H,25,28)(H,26,27). The first-order valence-electron chi connectivity index (χ1n) is 9.98. The summed E-state index contributed by atoms with van der Waals surface area (Å²) in [6.45, 7) is 4.22. The summed E-state index contributed by atoms with van der Waals surface area (Å²) in [6, 6.07) is 15.4. The van der Waals surface area contributed by atoms with E-state index in [4.69, 9.17) is 11.6 Å². The lowest BCUT2D eigenvalue weighted by molar-refractivity contribution is -0.120. The first-order chi connectivity index (χ1) is 14.1. The molecular formula is C23H26ClN3OS. The molecule has 1 amide bonds. The van der Waals surface area contributed by atoms with E-state index in [0.717, 1.165) is 53.4 Å². The highest BCUT2D eigenvalue weighted by atomic mass is 35.5. The number of thiazole rings is 1. The molecule has 6 heteroatoms. The second-order valence-corrected chi connectivity index (χ2v) is 8.29. The first-order valence-corrected chi connectivity index (χ1v) is 11.2. The summed E-state index contributed by atoms with van der Waals surface area (Å²) < 4.78 is 0. The summed E-state index contributed by atoms with van der Waals surface area (Å²) in [5.41, 5.74) is 3.55. The zero-order chi connectivity index (χ0) is 20.6. The van der Waals surface area contributed by atoms with Crippen molar-refractivity contribution in [3.05, 3.63) is 58.9 Å². The minimum absolute atomic E-state index is 0.0615. The summed E-state index contributed by atoms with van der Waals surface area (Å²) in [6.07, 6.45) is 3.97. The van der Waals surface area contributed by atoms with E-state index in [1.165, 1.54) is 11.3 Å². The molecular weight excluding hydrogens is 402 g/mol. The number of carbonyl (C=O) groups is 1. The maximum atomic E-state index is 12.6. The number of halogens is 1. The third-order valence-electron chi connectivity index (χ3n) is 4.78. The van der Waals surface area contributed by atoms with Crippen molar-refractivity contribution in [3.8, 4) is 11.3 Å². The van der Waals surface area contributed by atoms with E-state index in [1.54, 1.807) is 0 Å². The van der Waals surface area contributed by atoms with Gasteiger partial charge in [0.15, 0.2) is 5.13 Å². The molecule has 0 spiro atoms. The first kappa shape index (κ1) is 21.3. The molecule has 0 saturated carbocycles. The number of nitrogens with one attached hydrogen (secondary N) is 2. The fraction of sp³-hybridized carbons (Fsp3) is 0.304. The molecule has 1 atom stereocenters. The van der Waals surface area contributed by atoms with Crippen molar-refractivity contribution >= 4 is 45.4 Å². The van der Waals surface area contributed by atoms with E-state index in [9.17, 15) is 4.79 Å². The van der Waals surface area contributed by atoms with Crippen LogP contribution in [0.1, 0.15) is 39.5 Å². The number of unbranched alkanes of at least 4 members (excludes halogenated alkanes) is 1. The highest BCUT2D eigenvalue weighted by Crippen LogP contribution is 2.29. The van der Waals surface area contributed by atoms with Crippen molar-refractivity contribution < 1.29 is 4.79 Å². The summed E-state index contributed by atoms with van der Waals surface area (Å²) in [5.74, 6) is 0.158. The molecule has 0 aliphatic rings. The average Bonchev–Trinajstić information content (AvgIpc) is 3.17. The van der Waals surface area contributed by atoms with Crippen molar-refractivity contribution in [2.24, 2.45) is 5.92 Å². The minimum Gasteiger partial charge on any atom is -0.331 e. The molecule has 29 heavy (non-hydrogen) atoms. The van der Waals surface area contributed by atoms with Crippen LogP contribution in [0.15, 0.2) is 53.9 Å². The fourth-order valence-corrected chi connectivity index (χ4v) is 4.06. The number of anilines is 3. The number of nitrogens with zero attached hydrogens (tertiary/aromatic N) is 1. The molecule has 0 fully saturated rings. The van der Waals surface area contributed by atoms with Crippen LogP contribution in [0.3, 0.4) is 0 Å². The predicted octanol–water partition coefficient (Wildman–Crippen LogP) is 7.36. The van der Waals surface area contributed by atoms with Gasteiger partial charge in [0.2, 0.25) is 5.91 Å². The van der Waals surface area contributed by atoms with Gasteiger partial charge in [-0.1, -0.05) is 56.5 Å². The molecule has 3 rings (SSSR count). The molecule has 0 aliphatic carbocycles. The topological polar surface area (TPSA) is 54.0 Å². The third-order valence-corrected chi connectivity index (χ3v) is 5.77. The van der Waals surface area contributed by atoms with Crippen LogP contribution in [0.25, 0.3) is 11.3 Å². The zero-order valence-corrected chi connectivity index (χ0v) is 18.3. The van der Waals surface area contributed by atoms with Crippen molar-refractivity contribution in [2.45, 2.75) is 39.5 Å². The summed E-state index contributed by atoms with van der Waals surface area (Å²) in [4.78, 5) is 17.3. The van der Waals surface area contributed by atoms with Gasteiger partial charge in [-0.25, -0.2) is 4.98 Å². The van der Waals surface area contributed by atoms with E-state index in [0.29, 0.717) is 5.02 Å². The Morgan fingerprint density at radius 2 is 1.93 bits per heavy atom. The van der Waals surface area contributed by atoms with Crippen molar-refractivity contribution in [3.63, 3.8) is 0 Å². The van der Waals surface area contributed by atoms with Crippen LogP contribution in [-0.4, -0.2) is 10.9 Å². The maximum Gasteiger partial charge on any atom is 0.227 e. The largest absolute Gasteiger partial charge is 0.331 e. The molecule has 0 saturated heterocycles. The number of rotatable bonds is 9. The number of hydrogen-bond donors (Lipinski definition) is 2. The molecule has 0 aliphatic heterocycles. The Labute approximate surface area is 181 Å². The molecule has 0 bridgehead atoms. The van der Waals surface area contributed by atoms with Gasteiger partial charge in [0, 0.05) is 33.3 Å². The highest BCUT2D eigenvalue weighted by molar-refractivity contribution is 7.14. The second-order valence-electron chi connectivity index (χ2n) is 6.99. The average molecular weight is 428 g/mol. The van der Waals surface area contributed by atoms with Crippen molar-refractivity contribution in [1.29, 1.82) is 0 Å². The van der Waals surface area contributed by atoms with Crippen LogP contribution in [0.5, 0.6) is 0 Å². The Bertz CT molecular complexity index is 957. The Balaban J connectivity index is 1.69. The Kier molecular flexibility index (Phi) is 7.67. The molecule has 1 heterocycles. The van der Waals surface area contributed by atoms with E-state index in [2.05, 4.69) is 29.5 Å². The van der Waals surface area contributed by atoms with Crippen LogP contribution in [-0.2, 0) is 4.79 Å².